The van der Waals surface area contributed by atoms with Crippen molar-refractivity contribution >= 4 is 40.5 Å². The largest absolute Gasteiger partial charge is 0.147 e. The van der Waals surface area contributed by atoms with E-state index in [0.29, 0.717) is 6.42 Å². The first kappa shape index (κ1) is 22.6. The Kier molecular flexibility index (Phi) is 7.68. The minimum Gasteiger partial charge on any atom is -0.147 e. The van der Waals surface area contributed by atoms with E-state index in [1.54, 1.807) is 0 Å². The number of halogens is 2. The Hall–Kier alpha value is -0.447. The Bertz CT molecular complexity index is 911. The van der Waals surface area contributed by atoms with Crippen LogP contribution in [0.25, 0.3) is 5.57 Å². The molecule has 0 saturated heterocycles. The first-order valence-corrected chi connectivity index (χ1v) is 10.2. The topological polar surface area (TPSA) is 54.4 Å². The van der Waals surface area contributed by atoms with E-state index in [2.05, 4.69) is 6.08 Å². The van der Waals surface area contributed by atoms with Gasteiger partial charge in [0, 0.05) is 0 Å². The maximum Gasteiger partial charge on any atom is -0.147 e. The van der Waals surface area contributed by atoms with Gasteiger partial charge in [0.2, 0.25) is 0 Å². The number of rotatable bonds is 4. The average molecular weight is 478 g/mol. The van der Waals surface area contributed by atoms with E-state index in [4.69, 9.17) is 0 Å². The van der Waals surface area contributed by atoms with Gasteiger partial charge in [-0.2, -0.15) is 0 Å². The summed E-state index contributed by atoms with van der Waals surface area (Å²) in [4.78, 5) is 0.126. The minimum absolute atomic E-state index is 0. The number of hydrogen-bond donors (Lipinski definition) is 1. The third kappa shape index (κ3) is 3.82. The van der Waals surface area contributed by atoms with Gasteiger partial charge >= 0.3 is 153 Å². The molecule has 2 aliphatic carbocycles. The van der Waals surface area contributed by atoms with Crippen molar-refractivity contribution in [1.82, 2.24) is 0 Å². The third-order valence-corrected chi connectivity index (χ3v) is 6.61. The van der Waals surface area contributed by atoms with E-state index in [-0.39, 0.29) is 29.7 Å². The summed E-state index contributed by atoms with van der Waals surface area (Å²) in [5.41, 5.74) is 5.61. The molecular weight excluding hydrogens is 458 g/mol. The van der Waals surface area contributed by atoms with Crippen LogP contribution in [-0.2, 0) is 34.8 Å². The molecule has 0 aliphatic heterocycles. The van der Waals surface area contributed by atoms with Crippen LogP contribution >= 0.6 is 24.8 Å². The summed E-state index contributed by atoms with van der Waals surface area (Å²) < 4.78 is 34.9. The van der Waals surface area contributed by atoms with Crippen LogP contribution in [0, 0.1) is 0 Å². The van der Waals surface area contributed by atoms with Crippen LogP contribution in [0.1, 0.15) is 32.3 Å². The van der Waals surface area contributed by atoms with Gasteiger partial charge in [0.15, 0.2) is 0 Å². The second kappa shape index (κ2) is 8.50. The molecule has 3 rings (SSSR count). The predicted molar refractivity (Wildman–Crippen MR) is 102 cm³/mol. The molecule has 0 amide bonds. The van der Waals surface area contributed by atoms with Gasteiger partial charge in [0.1, 0.15) is 0 Å². The van der Waals surface area contributed by atoms with Crippen LogP contribution in [0.4, 0.5) is 0 Å². The second-order valence-electron chi connectivity index (χ2n) is 5.56. The molecule has 0 heterocycles. The van der Waals surface area contributed by atoms with Crippen LogP contribution in [0.5, 0.6) is 0 Å². The Labute approximate surface area is 176 Å². The summed E-state index contributed by atoms with van der Waals surface area (Å²) in [5.74, 6) is 0. The van der Waals surface area contributed by atoms with Gasteiger partial charge in [0.25, 0.3) is 0 Å². The monoisotopic (exact) mass is 475 g/mol. The SMILES string of the molecule is CCC1=C2C(=[C]([Zr])C(CC)=C2S(=O)(=O)O)C(c2ccccc2)=C1.Cl.Cl. The third-order valence-electron chi connectivity index (χ3n) is 4.29. The zero-order valence-electron chi connectivity index (χ0n) is 13.9. The molecule has 0 spiro atoms. The van der Waals surface area contributed by atoms with Gasteiger partial charge in [-0.15, -0.1) is 24.8 Å². The molecule has 1 aromatic carbocycles. The normalized spacial score (nSPS) is 16.5. The molecule has 25 heavy (non-hydrogen) atoms. The summed E-state index contributed by atoms with van der Waals surface area (Å²) in [5, 5.41) is 0. The van der Waals surface area contributed by atoms with Crippen LogP contribution < -0.4 is 0 Å². The second-order valence-corrected chi connectivity index (χ2v) is 8.15. The summed E-state index contributed by atoms with van der Waals surface area (Å²) in [6.07, 6.45) is 3.40. The molecule has 0 bridgehead atoms. The zero-order valence-corrected chi connectivity index (χ0v) is 18.8. The van der Waals surface area contributed by atoms with Crippen molar-refractivity contribution in [3.63, 3.8) is 0 Å². The van der Waals surface area contributed by atoms with Gasteiger partial charge in [0.05, 0.1) is 0 Å². The number of hydrogen-bond acceptors (Lipinski definition) is 2. The predicted octanol–water partition coefficient (Wildman–Crippen LogP) is 5.00. The summed E-state index contributed by atoms with van der Waals surface area (Å²) in [6.45, 7) is 3.95. The fourth-order valence-corrected chi connectivity index (χ4v) is 5.95. The molecule has 0 aromatic heterocycles. The number of fused-ring (bicyclic) bond motifs is 1. The van der Waals surface area contributed by atoms with E-state index in [1.165, 1.54) is 24.7 Å². The Morgan fingerprint density at radius 3 is 2.08 bits per heavy atom. The molecule has 0 fully saturated rings. The number of allylic oxidation sites excluding steroid dienone is 7. The van der Waals surface area contributed by atoms with Gasteiger partial charge in [-0.05, 0) is 0 Å². The van der Waals surface area contributed by atoms with Crippen molar-refractivity contribution in [1.29, 1.82) is 0 Å². The molecule has 0 saturated carbocycles. The van der Waals surface area contributed by atoms with Crippen LogP contribution in [0.2, 0.25) is 0 Å². The molecule has 7 heteroatoms. The zero-order chi connectivity index (χ0) is 16.8. The summed E-state index contributed by atoms with van der Waals surface area (Å²) in [7, 11) is -4.24. The van der Waals surface area contributed by atoms with E-state index in [0.717, 1.165) is 43.1 Å². The van der Waals surface area contributed by atoms with Crippen molar-refractivity contribution in [2.45, 2.75) is 26.7 Å². The van der Waals surface area contributed by atoms with E-state index >= 15 is 0 Å². The van der Waals surface area contributed by atoms with E-state index in [1.807, 2.05) is 44.2 Å². The van der Waals surface area contributed by atoms with Crippen LogP contribution in [0.15, 0.2) is 66.9 Å². The Morgan fingerprint density at radius 2 is 1.60 bits per heavy atom. The molecule has 0 radical (unpaired) electrons. The Morgan fingerprint density at radius 1 is 1.00 bits per heavy atom. The minimum atomic E-state index is -4.24. The van der Waals surface area contributed by atoms with Crippen molar-refractivity contribution in [3.05, 3.63) is 72.4 Å². The van der Waals surface area contributed by atoms with Crippen molar-refractivity contribution in [2.24, 2.45) is 0 Å². The molecule has 133 valence electrons. The molecule has 0 unspecified atom stereocenters. The smallest absolute Gasteiger partial charge is 0.147 e. The average Bonchev–Trinajstić information content (AvgIpc) is 3.03. The molecule has 2 aliphatic rings. The van der Waals surface area contributed by atoms with Gasteiger partial charge in [-0.1, -0.05) is 0 Å². The maximum atomic E-state index is 12.0. The standard InChI is InChI=1S/C18H17O3S.2ClH.Zr/c1-3-12-10-15(14-8-6-5-7-9-14)16-11-13(4-2)18(17(12)16)22(19,20)21;;;/h5-10H,3-4H2,1-2H3,(H,19,20,21);2*1H;. The van der Waals surface area contributed by atoms with Crippen LogP contribution in [0.3, 0.4) is 0 Å². The van der Waals surface area contributed by atoms with Gasteiger partial charge in [-0.3, -0.25) is 0 Å². The molecule has 1 N–H and O–H groups in total. The van der Waals surface area contributed by atoms with Crippen molar-refractivity contribution < 1.29 is 37.7 Å². The van der Waals surface area contributed by atoms with Gasteiger partial charge < -0.3 is 0 Å². The van der Waals surface area contributed by atoms with Gasteiger partial charge in [-0.25, -0.2) is 0 Å². The molecule has 0 atom stereocenters. The van der Waals surface area contributed by atoms with E-state index < -0.39 is 10.1 Å². The Balaban J connectivity index is 0.00000156. The maximum absolute atomic E-state index is 12.0. The fraction of sp³-hybridized carbons (Fsp3) is 0.222. The first-order chi connectivity index (χ1) is 10.9. The molecular formula is C18H19Cl2O3SZr. The fourth-order valence-electron chi connectivity index (χ4n) is 3.29. The van der Waals surface area contributed by atoms with E-state index in [9.17, 15) is 13.0 Å². The molecule has 1 aromatic rings. The molecule has 3 nitrogen and oxygen atoms in total. The van der Waals surface area contributed by atoms with Crippen molar-refractivity contribution in [2.75, 3.05) is 0 Å². The quantitative estimate of drug-likeness (QED) is 0.621. The number of benzene rings is 1. The first-order valence-electron chi connectivity index (χ1n) is 7.58. The summed E-state index contributed by atoms with van der Waals surface area (Å²) >= 11 is 1.17. The van der Waals surface area contributed by atoms with Crippen LogP contribution in [-0.4, -0.2) is 13.0 Å². The van der Waals surface area contributed by atoms with Crippen molar-refractivity contribution in [3.8, 4) is 0 Å². The summed E-state index contributed by atoms with van der Waals surface area (Å²) in [6, 6.07) is 10.0.